The number of nitrogens with one attached hydrogen (secondary N) is 1. The number of aromatic nitrogens is 2. The van der Waals surface area contributed by atoms with Crippen molar-refractivity contribution >= 4 is 52.7 Å². The van der Waals surface area contributed by atoms with Crippen molar-refractivity contribution in [3.05, 3.63) is 53.6 Å². The second-order valence-corrected chi connectivity index (χ2v) is 7.79. The number of hydrogen-bond acceptors (Lipinski definition) is 8. The van der Waals surface area contributed by atoms with Gasteiger partial charge < -0.3 is 14.5 Å². The number of ether oxygens (including phenoxy) is 1. The van der Waals surface area contributed by atoms with Gasteiger partial charge in [-0.3, -0.25) is 9.59 Å². The Morgan fingerprint density at radius 1 is 1.14 bits per heavy atom. The summed E-state index contributed by atoms with van der Waals surface area (Å²) >= 11 is 8.40. The van der Waals surface area contributed by atoms with Gasteiger partial charge in [0.2, 0.25) is 5.89 Å². The number of rotatable bonds is 8. The number of amides is 1. The summed E-state index contributed by atoms with van der Waals surface area (Å²) in [6, 6.07) is 14.3. The Kier molecular flexibility index (Phi) is 7.56. The van der Waals surface area contributed by atoms with Crippen LogP contribution in [0.4, 0.5) is 5.69 Å². The first kappa shape index (κ1) is 21.2. The molecule has 2 aromatic carbocycles. The summed E-state index contributed by atoms with van der Waals surface area (Å²) < 4.78 is 10.5. The number of thioether (sulfide) groups is 2. The first-order chi connectivity index (χ1) is 14.0. The lowest BCUT2D eigenvalue weighted by molar-refractivity contribution is -0.144. The van der Waals surface area contributed by atoms with Crippen molar-refractivity contribution in [3.8, 4) is 11.5 Å². The maximum absolute atomic E-state index is 12.0. The third-order valence-corrected chi connectivity index (χ3v) is 5.40. The van der Waals surface area contributed by atoms with E-state index in [0.717, 1.165) is 22.2 Å². The molecule has 1 N–H and O–H groups in total. The minimum absolute atomic E-state index is 0.0586. The quantitative estimate of drug-likeness (QED) is 0.399. The molecule has 1 amide bonds. The minimum atomic E-state index is -0.561. The molecule has 1 heterocycles. The molecule has 0 spiro atoms. The van der Waals surface area contributed by atoms with Crippen LogP contribution in [0.15, 0.2) is 63.1 Å². The second-order valence-electron chi connectivity index (χ2n) is 5.58. The topological polar surface area (TPSA) is 94.3 Å². The Balaban J connectivity index is 1.44. The van der Waals surface area contributed by atoms with Crippen LogP contribution in [0.2, 0.25) is 5.02 Å². The highest BCUT2D eigenvalue weighted by Crippen LogP contribution is 2.25. The van der Waals surface area contributed by atoms with Crippen molar-refractivity contribution < 1.29 is 18.7 Å². The van der Waals surface area contributed by atoms with E-state index < -0.39 is 11.9 Å². The monoisotopic (exact) mass is 449 g/mol. The second kappa shape index (κ2) is 10.3. The zero-order chi connectivity index (χ0) is 20.6. The number of benzene rings is 2. The SMILES string of the molecule is CSc1ccccc1NC(=O)COC(=O)CSc1nnc(-c2ccc(Cl)cc2)o1. The molecule has 0 bridgehead atoms. The van der Waals surface area contributed by atoms with E-state index in [1.54, 1.807) is 30.3 Å². The maximum atomic E-state index is 12.0. The largest absolute Gasteiger partial charge is 0.455 e. The van der Waals surface area contributed by atoms with Crippen molar-refractivity contribution in [2.75, 3.05) is 23.9 Å². The molecule has 0 saturated heterocycles. The van der Waals surface area contributed by atoms with Crippen molar-refractivity contribution in [1.29, 1.82) is 0 Å². The minimum Gasteiger partial charge on any atom is -0.455 e. The van der Waals surface area contributed by atoms with E-state index in [9.17, 15) is 9.59 Å². The predicted molar refractivity (Wildman–Crippen MR) is 113 cm³/mol. The number of carbonyl (C=O) groups is 2. The zero-order valence-corrected chi connectivity index (χ0v) is 17.6. The van der Waals surface area contributed by atoms with E-state index in [0.29, 0.717) is 16.6 Å². The van der Waals surface area contributed by atoms with Crippen LogP contribution in [0.5, 0.6) is 0 Å². The molecular formula is C19H16ClN3O4S2. The van der Waals surface area contributed by atoms with E-state index in [4.69, 9.17) is 20.8 Å². The molecule has 0 radical (unpaired) electrons. The summed E-state index contributed by atoms with van der Waals surface area (Å²) in [6.45, 7) is -0.373. The molecule has 0 atom stereocenters. The van der Waals surface area contributed by atoms with E-state index in [1.165, 1.54) is 11.8 Å². The van der Waals surface area contributed by atoms with Crippen molar-refractivity contribution in [2.45, 2.75) is 10.1 Å². The van der Waals surface area contributed by atoms with Crippen LogP contribution in [0, 0.1) is 0 Å². The molecule has 150 valence electrons. The zero-order valence-electron chi connectivity index (χ0n) is 15.3. The van der Waals surface area contributed by atoms with E-state index in [2.05, 4.69) is 15.5 Å². The third-order valence-electron chi connectivity index (χ3n) is 3.56. The molecule has 0 aliphatic carbocycles. The molecular weight excluding hydrogens is 434 g/mol. The van der Waals surface area contributed by atoms with E-state index in [1.807, 2.05) is 24.5 Å². The first-order valence-corrected chi connectivity index (χ1v) is 10.9. The molecule has 0 aliphatic rings. The fraction of sp³-hybridized carbons (Fsp3) is 0.158. The number of anilines is 1. The average molecular weight is 450 g/mol. The summed E-state index contributed by atoms with van der Waals surface area (Å²) in [7, 11) is 0. The van der Waals surface area contributed by atoms with Gasteiger partial charge in [-0.15, -0.1) is 22.0 Å². The van der Waals surface area contributed by atoms with Crippen LogP contribution in [0.25, 0.3) is 11.5 Å². The molecule has 7 nitrogen and oxygen atoms in total. The lowest BCUT2D eigenvalue weighted by atomic mass is 10.2. The molecule has 0 saturated carbocycles. The van der Waals surface area contributed by atoms with Gasteiger partial charge in [0.15, 0.2) is 6.61 Å². The molecule has 0 fully saturated rings. The van der Waals surface area contributed by atoms with Crippen LogP contribution >= 0.6 is 35.1 Å². The van der Waals surface area contributed by atoms with Gasteiger partial charge in [-0.1, -0.05) is 35.5 Å². The Labute approximate surface area is 180 Å². The van der Waals surface area contributed by atoms with Gasteiger partial charge in [-0.05, 0) is 42.7 Å². The number of esters is 1. The standard InChI is InChI=1S/C19H16ClN3O4S2/c1-28-15-5-3-2-4-14(15)21-16(24)10-26-17(25)11-29-19-23-22-18(27-19)12-6-8-13(20)9-7-12/h2-9H,10-11H2,1H3,(H,21,24). The van der Waals surface area contributed by atoms with Gasteiger partial charge in [0.05, 0.1) is 5.69 Å². The molecule has 10 heteroatoms. The van der Waals surface area contributed by atoms with Gasteiger partial charge in [0.1, 0.15) is 5.75 Å². The molecule has 3 rings (SSSR count). The summed E-state index contributed by atoms with van der Waals surface area (Å²) in [6.07, 6.45) is 1.91. The Morgan fingerprint density at radius 2 is 1.90 bits per heavy atom. The van der Waals surface area contributed by atoms with Crippen LogP contribution in [0.3, 0.4) is 0 Å². The van der Waals surface area contributed by atoms with Crippen molar-refractivity contribution in [1.82, 2.24) is 10.2 Å². The predicted octanol–water partition coefficient (Wildman–Crippen LogP) is 4.39. The molecule has 3 aromatic rings. The number of hydrogen-bond donors (Lipinski definition) is 1. The number of para-hydroxylation sites is 1. The summed E-state index contributed by atoms with van der Waals surface area (Å²) in [5.74, 6) is -0.705. The van der Waals surface area contributed by atoms with Crippen molar-refractivity contribution in [2.24, 2.45) is 0 Å². The number of carbonyl (C=O) groups excluding carboxylic acids is 2. The van der Waals surface area contributed by atoms with Gasteiger partial charge in [-0.2, -0.15) is 0 Å². The maximum Gasteiger partial charge on any atom is 0.316 e. The summed E-state index contributed by atoms with van der Waals surface area (Å²) in [5.41, 5.74) is 1.40. The highest BCUT2D eigenvalue weighted by molar-refractivity contribution is 7.99. The van der Waals surface area contributed by atoms with Gasteiger partial charge >= 0.3 is 5.97 Å². The van der Waals surface area contributed by atoms with E-state index >= 15 is 0 Å². The van der Waals surface area contributed by atoms with Crippen molar-refractivity contribution in [3.63, 3.8) is 0 Å². The Bertz CT molecular complexity index is 995. The Hall–Kier alpha value is -2.49. The molecule has 0 aliphatic heterocycles. The summed E-state index contributed by atoms with van der Waals surface area (Å²) in [5, 5.41) is 11.4. The fourth-order valence-electron chi connectivity index (χ4n) is 2.22. The first-order valence-electron chi connectivity index (χ1n) is 8.36. The smallest absolute Gasteiger partial charge is 0.316 e. The lowest BCUT2D eigenvalue weighted by Crippen LogP contribution is -2.21. The van der Waals surface area contributed by atoms with Crippen LogP contribution in [-0.4, -0.2) is 40.7 Å². The summed E-state index contributed by atoms with van der Waals surface area (Å²) in [4.78, 5) is 24.8. The fourth-order valence-corrected chi connectivity index (χ4v) is 3.46. The van der Waals surface area contributed by atoms with Gasteiger partial charge in [-0.25, -0.2) is 0 Å². The normalized spacial score (nSPS) is 10.6. The van der Waals surface area contributed by atoms with Gasteiger partial charge in [0, 0.05) is 15.5 Å². The average Bonchev–Trinajstić information content (AvgIpc) is 3.21. The van der Waals surface area contributed by atoms with E-state index in [-0.39, 0.29) is 17.6 Å². The lowest BCUT2D eigenvalue weighted by Gasteiger charge is -2.09. The van der Waals surface area contributed by atoms with Gasteiger partial charge in [0.25, 0.3) is 11.1 Å². The molecule has 29 heavy (non-hydrogen) atoms. The number of nitrogens with zero attached hydrogens (tertiary/aromatic N) is 2. The Morgan fingerprint density at radius 3 is 2.66 bits per heavy atom. The van der Waals surface area contributed by atoms with Crippen LogP contribution in [0.1, 0.15) is 0 Å². The highest BCUT2D eigenvalue weighted by atomic mass is 35.5. The molecule has 0 unspecified atom stereocenters. The highest BCUT2D eigenvalue weighted by Gasteiger charge is 2.14. The van der Waals surface area contributed by atoms with Crippen LogP contribution < -0.4 is 5.32 Å². The molecule has 1 aromatic heterocycles. The number of halogens is 1. The van der Waals surface area contributed by atoms with Crippen LogP contribution in [-0.2, 0) is 14.3 Å². The third kappa shape index (κ3) is 6.25.